The number of hydrogen-bond acceptors (Lipinski definition) is 3. The monoisotopic (exact) mass is 418 g/mol. The first-order valence-corrected chi connectivity index (χ1v) is 9.49. The van der Waals surface area contributed by atoms with E-state index in [0.717, 1.165) is 15.2 Å². The number of amides is 2. The highest BCUT2D eigenvalue weighted by atomic mass is 79.9. The molecule has 1 heterocycles. The van der Waals surface area contributed by atoms with Crippen molar-refractivity contribution in [3.05, 3.63) is 46.4 Å². The average molecular weight is 419 g/mol. The summed E-state index contributed by atoms with van der Waals surface area (Å²) in [5.41, 5.74) is 0.157. The Labute approximate surface area is 162 Å². The Balaban J connectivity index is 1.66. The fourth-order valence-electron chi connectivity index (χ4n) is 2.98. The maximum atomic E-state index is 12.8. The van der Waals surface area contributed by atoms with E-state index >= 15 is 0 Å². The van der Waals surface area contributed by atoms with E-state index in [2.05, 4.69) is 15.9 Å². The van der Waals surface area contributed by atoms with Gasteiger partial charge in [-0.1, -0.05) is 34.1 Å². The molecule has 1 fully saturated rings. The van der Waals surface area contributed by atoms with Crippen LogP contribution in [0.4, 0.5) is 4.79 Å². The molecule has 5 nitrogen and oxygen atoms in total. The third-order valence-electron chi connectivity index (χ3n) is 4.29. The molecule has 0 radical (unpaired) electrons. The first-order valence-electron chi connectivity index (χ1n) is 8.70. The summed E-state index contributed by atoms with van der Waals surface area (Å²) in [6.45, 7) is 7.54. The van der Waals surface area contributed by atoms with Crippen molar-refractivity contribution in [2.75, 3.05) is 26.2 Å². The molecular weight excluding hydrogens is 396 g/mol. The molecule has 2 aromatic rings. The quantitative estimate of drug-likeness (QED) is 0.693. The topological polar surface area (TPSA) is 49.9 Å². The molecule has 3 rings (SSSR count). The van der Waals surface area contributed by atoms with Crippen molar-refractivity contribution in [1.82, 2.24) is 9.80 Å². The van der Waals surface area contributed by atoms with Crippen LogP contribution in [0.15, 0.2) is 40.9 Å². The van der Waals surface area contributed by atoms with Gasteiger partial charge in [0.1, 0.15) is 5.60 Å². The molecule has 0 spiro atoms. The summed E-state index contributed by atoms with van der Waals surface area (Å²) in [5.74, 6) is -0.00397. The van der Waals surface area contributed by atoms with Gasteiger partial charge in [-0.3, -0.25) is 4.79 Å². The fraction of sp³-hybridized carbons (Fsp3) is 0.400. The van der Waals surface area contributed by atoms with Gasteiger partial charge < -0.3 is 14.5 Å². The Kier molecular flexibility index (Phi) is 5.23. The smallest absolute Gasteiger partial charge is 0.410 e. The van der Waals surface area contributed by atoms with Crippen LogP contribution in [0.25, 0.3) is 10.8 Å². The molecule has 1 aliphatic heterocycles. The molecule has 0 atom stereocenters. The van der Waals surface area contributed by atoms with Gasteiger partial charge in [-0.2, -0.15) is 0 Å². The zero-order valence-electron chi connectivity index (χ0n) is 15.3. The van der Waals surface area contributed by atoms with E-state index in [1.165, 1.54) is 0 Å². The SMILES string of the molecule is CC(C)(C)OC(=O)N1CCN(C(=O)c2ccc3c(Br)cccc3c2)CC1. The Bertz CT molecular complexity index is 837. The van der Waals surface area contributed by atoms with Gasteiger partial charge in [0.15, 0.2) is 0 Å². The highest BCUT2D eigenvalue weighted by Gasteiger charge is 2.28. The minimum absolute atomic E-state index is 0.00397. The lowest BCUT2D eigenvalue weighted by molar-refractivity contribution is 0.0141. The molecule has 0 aliphatic carbocycles. The van der Waals surface area contributed by atoms with E-state index in [1.807, 2.05) is 57.2 Å². The van der Waals surface area contributed by atoms with Crippen molar-refractivity contribution in [2.24, 2.45) is 0 Å². The van der Waals surface area contributed by atoms with Crippen LogP contribution in [0, 0.1) is 0 Å². The molecule has 0 saturated carbocycles. The largest absolute Gasteiger partial charge is 0.444 e. The van der Waals surface area contributed by atoms with E-state index in [9.17, 15) is 9.59 Å². The van der Waals surface area contributed by atoms with Crippen LogP contribution in [0.3, 0.4) is 0 Å². The predicted octanol–water partition coefficient (Wildman–Crippen LogP) is 4.30. The van der Waals surface area contributed by atoms with Crippen LogP contribution in [-0.2, 0) is 4.74 Å². The second-order valence-electron chi connectivity index (χ2n) is 7.44. The zero-order chi connectivity index (χ0) is 18.9. The number of piperazine rings is 1. The number of carbonyl (C=O) groups is 2. The van der Waals surface area contributed by atoms with Crippen LogP contribution in [0.1, 0.15) is 31.1 Å². The molecule has 0 N–H and O–H groups in total. The summed E-state index contributed by atoms with van der Waals surface area (Å²) >= 11 is 3.53. The lowest BCUT2D eigenvalue weighted by Crippen LogP contribution is -2.51. The number of benzene rings is 2. The van der Waals surface area contributed by atoms with Gasteiger partial charge in [0.2, 0.25) is 0 Å². The Morgan fingerprint density at radius 3 is 2.31 bits per heavy atom. The van der Waals surface area contributed by atoms with Crippen molar-refractivity contribution in [1.29, 1.82) is 0 Å². The van der Waals surface area contributed by atoms with Crippen LogP contribution < -0.4 is 0 Å². The van der Waals surface area contributed by atoms with Gasteiger partial charge in [0, 0.05) is 36.2 Å². The van der Waals surface area contributed by atoms with Crippen LogP contribution in [0.2, 0.25) is 0 Å². The van der Waals surface area contributed by atoms with Crippen LogP contribution >= 0.6 is 15.9 Å². The van der Waals surface area contributed by atoms with Gasteiger partial charge in [-0.15, -0.1) is 0 Å². The van der Waals surface area contributed by atoms with Gasteiger partial charge in [0.25, 0.3) is 5.91 Å². The van der Waals surface area contributed by atoms with Gasteiger partial charge in [0.05, 0.1) is 0 Å². The molecule has 6 heteroatoms. The second kappa shape index (κ2) is 7.27. The van der Waals surface area contributed by atoms with Crippen LogP contribution in [0.5, 0.6) is 0 Å². The minimum Gasteiger partial charge on any atom is -0.444 e. The van der Waals surface area contributed by atoms with Crippen molar-refractivity contribution < 1.29 is 14.3 Å². The molecular formula is C20H23BrN2O3. The number of halogens is 1. The lowest BCUT2D eigenvalue weighted by Gasteiger charge is -2.35. The first kappa shape index (κ1) is 18.7. The van der Waals surface area contributed by atoms with E-state index in [-0.39, 0.29) is 12.0 Å². The first-order chi connectivity index (χ1) is 12.2. The molecule has 138 valence electrons. The Hall–Kier alpha value is -2.08. The van der Waals surface area contributed by atoms with Crippen molar-refractivity contribution in [2.45, 2.75) is 26.4 Å². The minimum atomic E-state index is -0.511. The number of ether oxygens (including phenoxy) is 1. The summed E-state index contributed by atoms with van der Waals surface area (Å²) in [7, 11) is 0. The summed E-state index contributed by atoms with van der Waals surface area (Å²) in [6, 6.07) is 11.7. The van der Waals surface area contributed by atoms with Crippen molar-refractivity contribution in [3.8, 4) is 0 Å². The third kappa shape index (κ3) is 4.18. The molecule has 2 aromatic carbocycles. The Morgan fingerprint density at radius 2 is 1.65 bits per heavy atom. The fourth-order valence-corrected chi connectivity index (χ4v) is 3.49. The standard InChI is InChI=1S/C20H23BrN2O3/c1-20(2,3)26-19(25)23-11-9-22(10-12-23)18(24)15-7-8-16-14(13-15)5-4-6-17(16)21/h4-8,13H,9-12H2,1-3H3. The van der Waals surface area contributed by atoms with E-state index in [0.29, 0.717) is 31.7 Å². The lowest BCUT2D eigenvalue weighted by atomic mass is 10.1. The third-order valence-corrected chi connectivity index (χ3v) is 4.98. The van der Waals surface area contributed by atoms with Crippen molar-refractivity contribution in [3.63, 3.8) is 0 Å². The van der Waals surface area contributed by atoms with E-state index in [1.54, 1.807) is 9.80 Å². The summed E-state index contributed by atoms with van der Waals surface area (Å²) in [4.78, 5) is 28.4. The summed E-state index contributed by atoms with van der Waals surface area (Å²) in [6.07, 6.45) is -0.319. The predicted molar refractivity (Wildman–Crippen MR) is 105 cm³/mol. The maximum absolute atomic E-state index is 12.8. The molecule has 0 unspecified atom stereocenters. The average Bonchev–Trinajstić information content (AvgIpc) is 2.60. The van der Waals surface area contributed by atoms with E-state index < -0.39 is 5.60 Å². The number of hydrogen-bond donors (Lipinski definition) is 0. The normalized spacial score (nSPS) is 15.2. The molecule has 1 saturated heterocycles. The molecule has 1 aliphatic rings. The van der Waals surface area contributed by atoms with Gasteiger partial charge in [-0.05, 0) is 49.7 Å². The number of rotatable bonds is 1. The zero-order valence-corrected chi connectivity index (χ0v) is 16.9. The molecule has 0 aromatic heterocycles. The summed E-state index contributed by atoms with van der Waals surface area (Å²) < 4.78 is 6.41. The second-order valence-corrected chi connectivity index (χ2v) is 8.29. The summed E-state index contributed by atoms with van der Waals surface area (Å²) in [5, 5.41) is 2.11. The number of carbonyl (C=O) groups excluding carboxylic acids is 2. The number of nitrogens with zero attached hydrogens (tertiary/aromatic N) is 2. The molecule has 0 bridgehead atoms. The maximum Gasteiger partial charge on any atom is 0.410 e. The number of fused-ring (bicyclic) bond motifs is 1. The van der Waals surface area contributed by atoms with E-state index in [4.69, 9.17) is 4.74 Å². The Morgan fingerprint density at radius 1 is 1.00 bits per heavy atom. The highest BCUT2D eigenvalue weighted by molar-refractivity contribution is 9.10. The molecule has 2 amide bonds. The molecule has 26 heavy (non-hydrogen) atoms. The van der Waals surface area contributed by atoms with Gasteiger partial charge in [-0.25, -0.2) is 4.79 Å². The van der Waals surface area contributed by atoms with Gasteiger partial charge >= 0.3 is 6.09 Å². The highest BCUT2D eigenvalue weighted by Crippen LogP contribution is 2.25. The van der Waals surface area contributed by atoms with Crippen molar-refractivity contribution >= 4 is 38.7 Å². The van der Waals surface area contributed by atoms with Crippen LogP contribution in [-0.4, -0.2) is 53.6 Å².